The van der Waals surface area contributed by atoms with Gasteiger partial charge in [-0.3, -0.25) is 0 Å². The summed E-state index contributed by atoms with van der Waals surface area (Å²) in [5.74, 6) is 0.602. The van der Waals surface area contributed by atoms with Crippen molar-refractivity contribution in [3.05, 3.63) is 17.3 Å². The number of nitrogen functional groups attached to an aromatic ring is 1. The van der Waals surface area contributed by atoms with Gasteiger partial charge in [0.2, 0.25) is 0 Å². The Labute approximate surface area is 74.1 Å². The van der Waals surface area contributed by atoms with Crippen LogP contribution in [0.3, 0.4) is 0 Å². The maximum Gasteiger partial charge on any atom is 0.135 e. The van der Waals surface area contributed by atoms with Crippen LogP contribution in [0.25, 0.3) is 0 Å². The number of nitrogens with zero attached hydrogens (tertiary/aromatic N) is 1. The van der Waals surface area contributed by atoms with Crippen LogP contribution >= 0.6 is 22.5 Å². The average molecular weight is 191 g/mol. The molecule has 0 saturated carbocycles. The van der Waals surface area contributed by atoms with Gasteiger partial charge >= 0.3 is 0 Å². The lowest BCUT2D eigenvalue weighted by Gasteiger charge is -2.11. The first-order valence-corrected chi connectivity index (χ1v) is 5.81. The van der Waals surface area contributed by atoms with E-state index in [9.17, 15) is 0 Å². The molecule has 0 saturated heterocycles. The molecule has 0 aliphatic heterocycles. The minimum atomic E-state index is -0.205. The number of thiol groups is 1. The highest BCUT2D eigenvalue weighted by atomic mass is 35.5. The van der Waals surface area contributed by atoms with Crippen molar-refractivity contribution in [1.82, 2.24) is 4.98 Å². The summed E-state index contributed by atoms with van der Waals surface area (Å²) in [4.78, 5) is 5.04. The zero-order valence-corrected chi connectivity index (χ0v) is 8.15. The van der Waals surface area contributed by atoms with Crippen LogP contribution in [0.2, 0.25) is 5.02 Å². The third-order valence-corrected chi connectivity index (χ3v) is 2.87. The number of rotatable bonds is 1. The predicted octanol–water partition coefficient (Wildman–Crippen LogP) is 1.94. The molecule has 0 aliphatic carbocycles. The average Bonchev–Trinajstić information content (AvgIpc) is 1.94. The zero-order valence-electron chi connectivity index (χ0n) is 6.50. The third-order valence-electron chi connectivity index (χ3n) is 1.35. The second-order valence-corrected chi connectivity index (χ2v) is 5.16. The number of hydrogen-bond acceptors (Lipinski definition) is 2. The molecule has 0 amide bonds. The van der Waals surface area contributed by atoms with Crippen LogP contribution in [0.5, 0.6) is 0 Å². The fourth-order valence-electron chi connectivity index (χ4n) is 0.797. The highest BCUT2D eigenvalue weighted by molar-refractivity contribution is 8.16. The molecule has 2 N–H and O–H groups in total. The van der Waals surface area contributed by atoms with Gasteiger partial charge in [-0.15, -0.1) is 0 Å². The van der Waals surface area contributed by atoms with Crippen molar-refractivity contribution < 1.29 is 0 Å². The zero-order chi connectivity index (χ0) is 8.43. The van der Waals surface area contributed by atoms with E-state index >= 15 is 0 Å². The Hall–Kier alpha value is -0.410. The Morgan fingerprint density at radius 1 is 1.55 bits per heavy atom. The van der Waals surface area contributed by atoms with Gasteiger partial charge in [-0.1, -0.05) is 11.6 Å². The van der Waals surface area contributed by atoms with Crippen LogP contribution in [0, 0.1) is 0 Å². The summed E-state index contributed by atoms with van der Waals surface area (Å²) in [5.41, 5.74) is 5.64. The highest BCUT2D eigenvalue weighted by Crippen LogP contribution is 2.33. The Balaban J connectivity index is 3.13. The van der Waals surface area contributed by atoms with Crippen LogP contribution in [0.1, 0.15) is 0 Å². The standard InChI is InChI=1S/C7H11ClN2S/c1-11(2)6-3-5(8)4-10-7(6)9/h3-4,11H,1-2H3,(H2,9,10). The summed E-state index contributed by atoms with van der Waals surface area (Å²) >= 11 is 5.75. The lowest BCUT2D eigenvalue weighted by Crippen LogP contribution is -1.94. The third kappa shape index (κ3) is 2.01. The normalized spacial score (nSPS) is 11.4. The monoisotopic (exact) mass is 190 g/mol. The number of halogens is 1. The first-order valence-electron chi connectivity index (χ1n) is 3.19. The van der Waals surface area contributed by atoms with Crippen LogP contribution in [0.4, 0.5) is 5.82 Å². The molecule has 4 heteroatoms. The minimum absolute atomic E-state index is 0.205. The van der Waals surface area contributed by atoms with E-state index in [4.69, 9.17) is 17.3 Å². The molecular weight excluding hydrogens is 180 g/mol. The van der Waals surface area contributed by atoms with Gasteiger partial charge in [0.1, 0.15) is 5.82 Å². The van der Waals surface area contributed by atoms with Crippen molar-refractivity contribution in [1.29, 1.82) is 0 Å². The van der Waals surface area contributed by atoms with Crippen LogP contribution < -0.4 is 5.73 Å². The van der Waals surface area contributed by atoms with E-state index in [1.807, 2.05) is 6.07 Å². The second-order valence-electron chi connectivity index (χ2n) is 2.45. The molecule has 11 heavy (non-hydrogen) atoms. The maximum atomic E-state index is 5.75. The molecule has 0 radical (unpaired) electrons. The smallest absolute Gasteiger partial charge is 0.135 e. The summed E-state index contributed by atoms with van der Waals surface area (Å²) in [6.07, 6.45) is 5.82. The summed E-state index contributed by atoms with van der Waals surface area (Å²) in [7, 11) is -0.205. The van der Waals surface area contributed by atoms with E-state index in [-0.39, 0.29) is 10.9 Å². The van der Waals surface area contributed by atoms with E-state index in [0.29, 0.717) is 10.8 Å². The second kappa shape index (κ2) is 3.32. The quantitative estimate of drug-likeness (QED) is 0.665. The molecule has 0 aromatic carbocycles. The van der Waals surface area contributed by atoms with Crippen molar-refractivity contribution in [3.63, 3.8) is 0 Å². The Morgan fingerprint density at radius 3 is 2.64 bits per heavy atom. The van der Waals surface area contributed by atoms with Gasteiger partial charge in [-0.05, 0) is 18.6 Å². The van der Waals surface area contributed by atoms with Gasteiger partial charge in [0, 0.05) is 11.1 Å². The Morgan fingerprint density at radius 2 is 2.18 bits per heavy atom. The number of hydrogen-bond donors (Lipinski definition) is 2. The van der Waals surface area contributed by atoms with Crippen molar-refractivity contribution in [2.24, 2.45) is 0 Å². The number of nitrogens with two attached hydrogens (primary N) is 1. The van der Waals surface area contributed by atoms with E-state index in [0.717, 1.165) is 4.90 Å². The maximum absolute atomic E-state index is 5.75. The highest BCUT2D eigenvalue weighted by Gasteiger charge is 2.02. The molecule has 0 unspecified atom stereocenters. The molecular formula is C7H11ClN2S. The molecule has 2 nitrogen and oxygen atoms in total. The molecule has 0 spiro atoms. The molecule has 0 bridgehead atoms. The largest absolute Gasteiger partial charge is 0.383 e. The SMILES string of the molecule is C[SH](C)c1cc(Cl)cnc1N. The van der Waals surface area contributed by atoms with Gasteiger partial charge in [-0.25, -0.2) is 15.9 Å². The van der Waals surface area contributed by atoms with E-state index < -0.39 is 0 Å². The predicted molar refractivity (Wildman–Crippen MR) is 52.8 cm³/mol. The number of anilines is 1. The number of aromatic nitrogens is 1. The van der Waals surface area contributed by atoms with E-state index in [1.54, 1.807) is 6.20 Å². The van der Waals surface area contributed by atoms with Gasteiger partial charge < -0.3 is 5.73 Å². The lowest BCUT2D eigenvalue weighted by molar-refractivity contribution is 1.25. The van der Waals surface area contributed by atoms with Crippen molar-refractivity contribution >= 4 is 28.3 Å². The van der Waals surface area contributed by atoms with Gasteiger partial charge in [0.25, 0.3) is 0 Å². The fourth-order valence-corrected chi connectivity index (χ4v) is 1.94. The van der Waals surface area contributed by atoms with Crippen molar-refractivity contribution in [2.75, 3.05) is 18.2 Å². The van der Waals surface area contributed by atoms with Crippen LogP contribution in [0.15, 0.2) is 17.2 Å². The molecule has 1 aromatic rings. The Kier molecular flexibility index (Phi) is 2.62. The Bertz CT molecular complexity index is 263. The summed E-state index contributed by atoms with van der Waals surface area (Å²) in [6, 6.07) is 1.88. The molecule has 1 aromatic heterocycles. The fraction of sp³-hybridized carbons (Fsp3) is 0.286. The van der Waals surface area contributed by atoms with Gasteiger partial charge in [0.15, 0.2) is 0 Å². The minimum Gasteiger partial charge on any atom is -0.383 e. The first kappa shape index (κ1) is 8.68. The molecule has 62 valence electrons. The summed E-state index contributed by atoms with van der Waals surface area (Å²) < 4.78 is 0. The van der Waals surface area contributed by atoms with Gasteiger partial charge in [-0.2, -0.15) is 0 Å². The molecule has 1 heterocycles. The lowest BCUT2D eigenvalue weighted by atomic mass is 10.5. The molecule has 0 aliphatic rings. The summed E-state index contributed by atoms with van der Waals surface area (Å²) in [5, 5.41) is 0.658. The van der Waals surface area contributed by atoms with Crippen molar-refractivity contribution in [3.8, 4) is 0 Å². The van der Waals surface area contributed by atoms with Crippen molar-refractivity contribution in [2.45, 2.75) is 4.90 Å². The van der Waals surface area contributed by atoms with E-state index in [1.165, 1.54) is 0 Å². The summed E-state index contributed by atoms with van der Waals surface area (Å²) in [6.45, 7) is 0. The molecule has 1 rings (SSSR count). The molecule has 0 atom stereocenters. The molecule has 0 fully saturated rings. The number of pyridine rings is 1. The van der Waals surface area contributed by atoms with E-state index in [2.05, 4.69) is 17.5 Å². The van der Waals surface area contributed by atoms with Crippen LogP contribution in [-0.4, -0.2) is 17.5 Å². The topological polar surface area (TPSA) is 38.9 Å². The first-order chi connectivity index (χ1) is 5.11. The van der Waals surface area contributed by atoms with Gasteiger partial charge in [0.05, 0.1) is 5.02 Å². The van der Waals surface area contributed by atoms with Crippen LogP contribution in [-0.2, 0) is 0 Å².